The van der Waals surface area contributed by atoms with Gasteiger partial charge in [-0.25, -0.2) is 4.79 Å². The van der Waals surface area contributed by atoms with Crippen LogP contribution in [0.25, 0.3) is 0 Å². The summed E-state index contributed by atoms with van der Waals surface area (Å²) in [7, 11) is 0. The lowest BCUT2D eigenvalue weighted by Crippen LogP contribution is -2.53. The maximum Gasteiger partial charge on any atom is 0.326 e. The summed E-state index contributed by atoms with van der Waals surface area (Å²) < 4.78 is 0. The SMILES string of the molecule is NCC(=O)NC(CCC(=O)O)C(=O)NC(CC(=O)O)C(=O)O. The first-order valence-corrected chi connectivity index (χ1v) is 6.13. The lowest BCUT2D eigenvalue weighted by molar-refractivity contribution is -0.147. The molecule has 22 heavy (non-hydrogen) atoms. The van der Waals surface area contributed by atoms with Gasteiger partial charge in [0.2, 0.25) is 11.8 Å². The molecule has 2 amide bonds. The Bertz CT molecular complexity index is 464. The number of nitrogens with two attached hydrogens (primary N) is 1. The lowest BCUT2D eigenvalue weighted by Gasteiger charge is -2.20. The quantitative estimate of drug-likeness (QED) is 0.249. The van der Waals surface area contributed by atoms with E-state index >= 15 is 0 Å². The topological polar surface area (TPSA) is 196 Å². The summed E-state index contributed by atoms with van der Waals surface area (Å²) in [5.74, 6) is -5.98. The van der Waals surface area contributed by atoms with Gasteiger partial charge in [-0.15, -0.1) is 0 Å². The minimum Gasteiger partial charge on any atom is -0.481 e. The zero-order chi connectivity index (χ0) is 17.3. The molecule has 7 N–H and O–H groups in total. The molecule has 11 heteroatoms. The number of carbonyl (C=O) groups is 5. The second-order valence-electron chi connectivity index (χ2n) is 4.25. The summed E-state index contributed by atoms with van der Waals surface area (Å²) in [6, 6.07) is -3.03. The number of carboxylic acids is 3. The van der Waals surface area contributed by atoms with Crippen LogP contribution in [0.4, 0.5) is 0 Å². The van der Waals surface area contributed by atoms with Crippen molar-refractivity contribution in [1.29, 1.82) is 0 Å². The molecule has 0 radical (unpaired) electrons. The Hall–Kier alpha value is -2.69. The summed E-state index contributed by atoms with van der Waals surface area (Å²) >= 11 is 0. The van der Waals surface area contributed by atoms with Crippen LogP contribution >= 0.6 is 0 Å². The van der Waals surface area contributed by atoms with Gasteiger partial charge in [-0.3, -0.25) is 19.2 Å². The van der Waals surface area contributed by atoms with Crippen LogP contribution in [0.2, 0.25) is 0 Å². The van der Waals surface area contributed by atoms with E-state index in [1.54, 1.807) is 0 Å². The van der Waals surface area contributed by atoms with Gasteiger partial charge in [-0.2, -0.15) is 0 Å². The minimum absolute atomic E-state index is 0.299. The van der Waals surface area contributed by atoms with Gasteiger partial charge < -0.3 is 31.7 Å². The maximum absolute atomic E-state index is 11.9. The first kappa shape index (κ1) is 19.3. The molecule has 0 fully saturated rings. The predicted octanol–water partition coefficient (Wildman–Crippen LogP) is -2.66. The van der Waals surface area contributed by atoms with Gasteiger partial charge in [0.25, 0.3) is 0 Å². The van der Waals surface area contributed by atoms with Crippen molar-refractivity contribution < 1.29 is 39.3 Å². The monoisotopic (exact) mass is 319 g/mol. The zero-order valence-corrected chi connectivity index (χ0v) is 11.4. The van der Waals surface area contributed by atoms with Crippen molar-refractivity contribution in [2.75, 3.05) is 6.54 Å². The highest BCUT2D eigenvalue weighted by molar-refractivity contribution is 5.92. The van der Waals surface area contributed by atoms with E-state index in [0.717, 1.165) is 0 Å². The van der Waals surface area contributed by atoms with Crippen molar-refractivity contribution in [3.63, 3.8) is 0 Å². The summed E-state index contributed by atoms with van der Waals surface area (Å²) in [5.41, 5.74) is 5.06. The molecular weight excluding hydrogens is 302 g/mol. The number of hydrogen-bond donors (Lipinski definition) is 6. The molecule has 0 aromatic carbocycles. The van der Waals surface area contributed by atoms with E-state index in [4.69, 9.17) is 21.1 Å². The third kappa shape index (κ3) is 7.79. The molecule has 0 rings (SSSR count). The van der Waals surface area contributed by atoms with Crippen LogP contribution in [-0.2, 0) is 24.0 Å². The lowest BCUT2D eigenvalue weighted by atomic mass is 10.1. The highest BCUT2D eigenvalue weighted by Crippen LogP contribution is 2.01. The van der Waals surface area contributed by atoms with Crippen LogP contribution < -0.4 is 16.4 Å². The molecule has 0 aliphatic rings. The van der Waals surface area contributed by atoms with E-state index < -0.39 is 61.2 Å². The largest absolute Gasteiger partial charge is 0.481 e. The van der Waals surface area contributed by atoms with E-state index in [-0.39, 0.29) is 6.42 Å². The number of amides is 2. The third-order valence-electron chi connectivity index (χ3n) is 2.48. The third-order valence-corrected chi connectivity index (χ3v) is 2.48. The average Bonchev–Trinajstić information content (AvgIpc) is 2.41. The van der Waals surface area contributed by atoms with Crippen molar-refractivity contribution >= 4 is 29.7 Å². The van der Waals surface area contributed by atoms with Gasteiger partial charge >= 0.3 is 17.9 Å². The van der Waals surface area contributed by atoms with E-state index in [1.165, 1.54) is 0 Å². The molecule has 124 valence electrons. The summed E-state index contributed by atoms with van der Waals surface area (Å²) in [6.07, 6.45) is -1.62. The Morgan fingerprint density at radius 1 is 0.909 bits per heavy atom. The van der Waals surface area contributed by atoms with Gasteiger partial charge in [0.05, 0.1) is 13.0 Å². The normalized spacial score (nSPS) is 12.8. The molecule has 0 aromatic rings. The number of rotatable bonds is 10. The Labute approximate surface area is 124 Å². The van der Waals surface area contributed by atoms with Gasteiger partial charge in [0, 0.05) is 6.42 Å². The summed E-state index contributed by atoms with van der Waals surface area (Å²) in [4.78, 5) is 55.0. The maximum atomic E-state index is 11.9. The smallest absolute Gasteiger partial charge is 0.326 e. The molecule has 0 bridgehead atoms. The zero-order valence-electron chi connectivity index (χ0n) is 11.4. The molecule has 11 nitrogen and oxygen atoms in total. The molecule has 2 atom stereocenters. The fraction of sp³-hybridized carbons (Fsp3) is 0.545. The van der Waals surface area contributed by atoms with Gasteiger partial charge in [-0.05, 0) is 6.42 Å². The first-order valence-electron chi connectivity index (χ1n) is 6.13. The number of nitrogens with one attached hydrogen (secondary N) is 2. The van der Waals surface area contributed by atoms with Crippen molar-refractivity contribution in [3.05, 3.63) is 0 Å². The van der Waals surface area contributed by atoms with Crippen LogP contribution in [0, 0.1) is 0 Å². The molecule has 0 aromatic heterocycles. The second kappa shape index (κ2) is 9.28. The fourth-order valence-corrected chi connectivity index (χ4v) is 1.44. The van der Waals surface area contributed by atoms with Crippen LogP contribution in [0.15, 0.2) is 0 Å². The molecular formula is C11H17N3O8. The van der Waals surface area contributed by atoms with Gasteiger partial charge in [0.1, 0.15) is 12.1 Å². The molecule has 0 saturated carbocycles. The second-order valence-corrected chi connectivity index (χ2v) is 4.25. The predicted molar refractivity (Wildman–Crippen MR) is 69.7 cm³/mol. The van der Waals surface area contributed by atoms with Crippen LogP contribution in [0.1, 0.15) is 19.3 Å². The average molecular weight is 319 g/mol. The molecule has 2 unspecified atom stereocenters. The number of hydrogen-bond acceptors (Lipinski definition) is 6. The molecule has 0 spiro atoms. The van der Waals surface area contributed by atoms with E-state index in [2.05, 4.69) is 5.32 Å². The Kier molecular flexibility index (Phi) is 8.15. The Morgan fingerprint density at radius 2 is 1.50 bits per heavy atom. The standard InChI is InChI=1S/C11H17N3O8/c12-4-7(15)13-5(1-2-8(16)17)10(20)14-6(11(21)22)3-9(18)19/h5-6H,1-4,12H2,(H,13,15)(H,14,20)(H,16,17)(H,18,19)(H,21,22). The molecule has 0 heterocycles. The van der Waals surface area contributed by atoms with Crippen LogP contribution in [0.5, 0.6) is 0 Å². The van der Waals surface area contributed by atoms with Gasteiger partial charge in [-0.1, -0.05) is 0 Å². The van der Waals surface area contributed by atoms with Crippen molar-refractivity contribution in [2.45, 2.75) is 31.3 Å². The van der Waals surface area contributed by atoms with E-state index in [9.17, 15) is 24.0 Å². The summed E-state index contributed by atoms with van der Waals surface area (Å²) in [6.45, 7) is -0.450. The van der Waals surface area contributed by atoms with Crippen molar-refractivity contribution in [3.8, 4) is 0 Å². The fourth-order valence-electron chi connectivity index (χ4n) is 1.44. The number of carbonyl (C=O) groups excluding carboxylic acids is 2. The summed E-state index contributed by atoms with van der Waals surface area (Å²) in [5, 5.41) is 30.0. The van der Waals surface area contributed by atoms with E-state index in [1.807, 2.05) is 5.32 Å². The van der Waals surface area contributed by atoms with E-state index in [0.29, 0.717) is 0 Å². The first-order chi connectivity index (χ1) is 10.2. The minimum atomic E-state index is -1.70. The van der Waals surface area contributed by atoms with Crippen LogP contribution in [0.3, 0.4) is 0 Å². The van der Waals surface area contributed by atoms with Crippen LogP contribution in [-0.4, -0.2) is 63.7 Å². The molecule has 0 saturated heterocycles. The number of carboxylic acid groups (broad SMARTS) is 3. The Morgan fingerprint density at radius 3 is 1.91 bits per heavy atom. The van der Waals surface area contributed by atoms with Crippen molar-refractivity contribution in [1.82, 2.24) is 10.6 Å². The highest BCUT2D eigenvalue weighted by Gasteiger charge is 2.28. The molecule has 0 aliphatic heterocycles. The van der Waals surface area contributed by atoms with Gasteiger partial charge in [0.15, 0.2) is 0 Å². The highest BCUT2D eigenvalue weighted by atomic mass is 16.4. The molecule has 0 aliphatic carbocycles. The van der Waals surface area contributed by atoms with Crippen molar-refractivity contribution in [2.24, 2.45) is 5.73 Å². The Balaban J connectivity index is 4.90. The number of aliphatic carboxylic acids is 3.